The lowest BCUT2D eigenvalue weighted by Crippen LogP contribution is -2.23. The Bertz CT molecular complexity index is 409. The SMILES string of the molecule is CC(C)C12CCC(C)(O)C1C2.CC(C)C12CCC(C)(O)C1C2. The number of rotatable bonds is 2. The fraction of sp³-hybridized carbons (Fsp3) is 1.00. The fourth-order valence-electron chi connectivity index (χ4n) is 6.05. The molecule has 0 heterocycles. The number of aliphatic hydroxyl groups is 2. The second-order valence-electron chi connectivity index (χ2n) is 10.0. The van der Waals surface area contributed by atoms with Gasteiger partial charge in [0.2, 0.25) is 0 Å². The molecule has 0 spiro atoms. The van der Waals surface area contributed by atoms with Gasteiger partial charge in [-0.1, -0.05) is 27.7 Å². The van der Waals surface area contributed by atoms with Crippen LogP contribution in [0, 0.1) is 34.5 Å². The second-order valence-corrected chi connectivity index (χ2v) is 10.0. The maximum atomic E-state index is 9.92. The van der Waals surface area contributed by atoms with Gasteiger partial charge in [0.1, 0.15) is 0 Å². The largest absolute Gasteiger partial charge is 0.390 e. The average molecular weight is 309 g/mol. The molecule has 0 aromatic carbocycles. The van der Waals surface area contributed by atoms with Gasteiger partial charge < -0.3 is 10.2 Å². The highest BCUT2D eigenvalue weighted by Gasteiger charge is 2.67. The van der Waals surface area contributed by atoms with Gasteiger partial charge in [0, 0.05) is 0 Å². The van der Waals surface area contributed by atoms with Crippen LogP contribution in [0.3, 0.4) is 0 Å². The molecule has 22 heavy (non-hydrogen) atoms. The van der Waals surface area contributed by atoms with E-state index in [1.165, 1.54) is 25.7 Å². The maximum absolute atomic E-state index is 9.92. The molecule has 0 radical (unpaired) electrons. The molecule has 4 rings (SSSR count). The summed E-state index contributed by atoms with van der Waals surface area (Å²) in [6.45, 7) is 13.2. The van der Waals surface area contributed by atoms with Crippen LogP contribution in [0.4, 0.5) is 0 Å². The smallest absolute Gasteiger partial charge is 0.0653 e. The lowest BCUT2D eigenvalue weighted by Gasteiger charge is -2.17. The van der Waals surface area contributed by atoms with Crippen LogP contribution >= 0.6 is 0 Å². The fourth-order valence-corrected chi connectivity index (χ4v) is 6.05. The summed E-state index contributed by atoms with van der Waals surface area (Å²) in [5, 5.41) is 19.8. The van der Waals surface area contributed by atoms with E-state index < -0.39 is 0 Å². The van der Waals surface area contributed by atoms with Crippen molar-refractivity contribution in [3.05, 3.63) is 0 Å². The zero-order chi connectivity index (χ0) is 16.6. The first kappa shape index (κ1) is 16.8. The first-order valence-electron chi connectivity index (χ1n) is 9.43. The van der Waals surface area contributed by atoms with Crippen molar-refractivity contribution in [1.29, 1.82) is 0 Å². The van der Waals surface area contributed by atoms with E-state index in [9.17, 15) is 10.2 Å². The highest BCUT2D eigenvalue weighted by molar-refractivity contribution is 5.17. The topological polar surface area (TPSA) is 40.5 Å². The Morgan fingerprint density at radius 1 is 0.682 bits per heavy atom. The van der Waals surface area contributed by atoms with E-state index >= 15 is 0 Å². The quantitative estimate of drug-likeness (QED) is 0.794. The normalized spacial score (nSPS) is 54.8. The number of hydrogen-bond donors (Lipinski definition) is 2. The summed E-state index contributed by atoms with van der Waals surface area (Å²) >= 11 is 0. The molecule has 0 amide bonds. The Kier molecular flexibility index (Phi) is 3.60. The molecule has 6 atom stereocenters. The Hall–Kier alpha value is -0.0800. The van der Waals surface area contributed by atoms with Gasteiger partial charge in [-0.05, 0) is 86.9 Å². The highest BCUT2D eigenvalue weighted by atomic mass is 16.3. The van der Waals surface area contributed by atoms with Crippen molar-refractivity contribution in [1.82, 2.24) is 0 Å². The van der Waals surface area contributed by atoms with Crippen molar-refractivity contribution in [3.8, 4) is 0 Å². The molecule has 2 heteroatoms. The second kappa shape index (κ2) is 4.72. The van der Waals surface area contributed by atoms with Crippen molar-refractivity contribution in [3.63, 3.8) is 0 Å². The molecule has 0 aromatic heterocycles. The van der Waals surface area contributed by atoms with Crippen molar-refractivity contribution >= 4 is 0 Å². The zero-order valence-corrected chi connectivity index (χ0v) is 15.4. The molecule has 0 bridgehead atoms. The third kappa shape index (κ3) is 2.28. The van der Waals surface area contributed by atoms with Crippen molar-refractivity contribution in [2.24, 2.45) is 34.5 Å². The summed E-state index contributed by atoms with van der Waals surface area (Å²) in [4.78, 5) is 0. The summed E-state index contributed by atoms with van der Waals surface area (Å²) in [6.07, 6.45) is 7.10. The molecular formula is C20H36O2. The van der Waals surface area contributed by atoms with Gasteiger partial charge in [0.25, 0.3) is 0 Å². The number of hydrogen-bond acceptors (Lipinski definition) is 2. The molecule has 0 aromatic rings. The molecule has 0 saturated heterocycles. The van der Waals surface area contributed by atoms with Gasteiger partial charge >= 0.3 is 0 Å². The molecule has 4 saturated carbocycles. The van der Waals surface area contributed by atoms with E-state index in [-0.39, 0.29) is 11.2 Å². The Morgan fingerprint density at radius 2 is 1.00 bits per heavy atom. The van der Waals surface area contributed by atoms with Crippen molar-refractivity contribution < 1.29 is 10.2 Å². The summed E-state index contributed by atoms with van der Waals surface area (Å²) in [6, 6.07) is 0. The Morgan fingerprint density at radius 3 is 1.09 bits per heavy atom. The van der Waals surface area contributed by atoms with Crippen LogP contribution in [0.15, 0.2) is 0 Å². The standard InChI is InChI=1S/2C10H18O/c2*1-7(2)10-5-4-9(3,11)8(10)6-10/h2*7-8,11H,4-6H2,1-3H3. The third-order valence-corrected chi connectivity index (χ3v) is 8.23. The van der Waals surface area contributed by atoms with Gasteiger partial charge in [-0.15, -0.1) is 0 Å². The van der Waals surface area contributed by atoms with Crippen LogP contribution in [0.2, 0.25) is 0 Å². The molecule has 4 aliphatic carbocycles. The van der Waals surface area contributed by atoms with Crippen LogP contribution in [-0.4, -0.2) is 21.4 Å². The maximum Gasteiger partial charge on any atom is 0.0653 e. The van der Waals surface area contributed by atoms with Crippen molar-refractivity contribution in [2.75, 3.05) is 0 Å². The van der Waals surface area contributed by atoms with E-state index in [1.807, 2.05) is 13.8 Å². The monoisotopic (exact) mass is 308 g/mol. The highest BCUT2D eigenvalue weighted by Crippen LogP contribution is 2.71. The van der Waals surface area contributed by atoms with Gasteiger partial charge in [0.15, 0.2) is 0 Å². The van der Waals surface area contributed by atoms with E-state index in [2.05, 4.69) is 27.7 Å². The van der Waals surface area contributed by atoms with Crippen LogP contribution in [-0.2, 0) is 0 Å². The van der Waals surface area contributed by atoms with Crippen LogP contribution in [0.5, 0.6) is 0 Å². The van der Waals surface area contributed by atoms with Crippen LogP contribution in [0.1, 0.15) is 80.1 Å². The first-order valence-corrected chi connectivity index (χ1v) is 9.43. The first-order chi connectivity index (χ1) is 9.98. The molecular weight excluding hydrogens is 272 g/mol. The van der Waals surface area contributed by atoms with E-state index in [1.54, 1.807) is 0 Å². The number of fused-ring (bicyclic) bond motifs is 2. The molecule has 4 fully saturated rings. The lowest BCUT2D eigenvalue weighted by molar-refractivity contribution is 0.0421. The van der Waals surface area contributed by atoms with E-state index in [4.69, 9.17) is 0 Å². The molecule has 2 nitrogen and oxygen atoms in total. The predicted molar refractivity (Wildman–Crippen MR) is 90.5 cm³/mol. The van der Waals surface area contributed by atoms with Crippen molar-refractivity contribution in [2.45, 2.75) is 91.3 Å². The molecule has 0 aliphatic heterocycles. The van der Waals surface area contributed by atoms with Gasteiger partial charge in [-0.25, -0.2) is 0 Å². The zero-order valence-electron chi connectivity index (χ0n) is 15.4. The van der Waals surface area contributed by atoms with Gasteiger partial charge in [-0.3, -0.25) is 0 Å². The van der Waals surface area contributed by atoms with E-state index in [0.29, 0.717) is 22.7 Å². The summed E-state index contributed by atoms with van der Waals surface area (Å²) < 4.78 is 0. The Labute approximate surface area is 136 Å². The minimum absolute atomic E-state index is 0.329. The van der Waals surface area contributed by atoms with Gasteiger partial charge in [0.05, 0.1) is 11.2 Å². The molecule has 128 valence electrons. The van der Waals surface area contributed by atoms with Crippen LogP contribution < -0.4 is 0 Å². The third-order valence-electron chi connectivity index (χ3n) is 8.23. The minimum Gasteiger partial charge on any atom is -0.390 e. The molecule has 6 unspecified atom stereocenters. The molecule has 2 N–H and O–H groups in total. The van der Waals surface area contributed by atoms with Gasteiger partial charge in [-0.2, -0.15) is 0 Å². The summed E-state index contributed by atoms with van der Waals surface area (Å²) in [5.41, 5.74) is 0.432. The summed E-state index contributed by atoms with van der Waals surface area (Å²) in [7, 11) is 0. The van der Waals surface area contributed by atoms with E-state index in [0.717, 1.165) is 24.7 Å². The average Bonchev–Trinajstić information content (AvgIpc) is 3.27. The predicted octanol–water partition coefficient (Wildman–Crippen LogP) is 4.39. The molecule has 4 aliphatic rings. The Balaban J connectivity index is 0.000000131. The summed E-state index contributed by atoms with van der Waals surface area (Å²) in [5.74, 6) is 2.77. The van der Waals surface area contributed by atoms with Crippen LogP contribution in [0.25, 0.3) is 0 Å². The minimum atomic E-state index is -0.329. The lowest BCUT2D eigenvalue weighted by atomic mass is 9.90.